The van der Waals surface area contributed by atoms with E-state index in [1.165, 1.54) is 30.4 Å². The number of likely N-dealkylation sites (tertiary alicyclic amines) is 1. The molecule has 1 aliphatic carbocycles. The zero-order chi connectivity index (χ0) is 22.2. The summed E-state index contributed by atoms with van der Waals surface area (Å²) in [7, 11) is 0. The maximum Gasteiger partial charge on any atom is 0.254 e. The topological polar surface area (TPSA) is 75.0 Å². The summed E-state index contributed by atoms with van der Waals surface area (Å²) in [5, 5.41) is 0. The van der Waals surface area contributed by atoms with Gasteiger partial charge < -0.3 is 15.6 Å². The molecular formula is C27H32N4O. The van der Waals surface area contributed by atoms with Crippen molar-refractivity contribution < 1.29 is 4.79 Å². The van der Waals surface area contributed by atoms with E-state index < -0.39 is 0 Å². The minimum absolute atomic E-state index is 0.142. The second-order valence-electron chi connectivity index (χ2n) is 9.53. The average Bonchev–Trinajstić information content (AvgIpc) is 3.19. The first-order valence-corrected chi connectivity index (χ1v) is 11.8. The molecule has 1 aliphatic heterocycles. The first-order valence-electron chi connectivity index (χ1n) is 11.8. The lowest BCUT2D eigenvalue weighted by atomic mass is 9.77. The summed E-state index contributed by atoms with van der Waals surface area (Å²) in [4.78, 5) is 23.5. The van der Waals surface area contributed by atoms with Crippen molar-refractivity contribution in [2.45, 2.75) is 57.8 Å². The molecule has 0 unspecified atom stereocenters. The summed E-state index contributed by atoms with van der Waals surface area (Å²) >= 11 is 0. The number of benzene rings is 2. The van der Waals surface area contributed by atoms with Gasteiger partial charge in [-0.2, -0.15) is 0 Å². The Labute approximate surface area is 190 Å². The lowest BCUT2D eigenvalue weighted by Crippen LogP contribution is -2.38. The summed E-state index contributed by atoms with van der Waals surface area (Å²) in [6.45, 7) is 5.67. The highest BCUT2D eigenvalue weighted by molar-refractivity contribution is 5.97. The molecule has 32 heavy (non-hydrogen) atoms. The molecule has 2 fully saturated rings. The third kappa shape index (κ3) is 3.92. The number of rotatable bonds is 4. The predicted octanol–water partition coefficient (Wildman–Crippen LogP) is 5.56. The molecular weight excluding hydrogens is 396 g/mol. The van der Waals surface area contributed by atoms with Crippen molar-refractivity contribution in [1.82, 2.24) is 14.9 Å². The van der Waals surface area contributed by atoms with Crippen LogP contribution in [0, 0.1) is 13.8 Å². The highest BCUT2D eigenvalue weighted by Crippen LogP contribution is 2.42. The molecule has 5 heteroatoms. The molecule has 0 atom stereocenters. The molecule has 1 amide bonds. The summed E-state index contributed by atoms with van der Waals surface area (Å²) in [5.74, 6) is 2.08. The van der Waals surface area contributed by atoms with Crippen LogP contribution >= 0.6 is 0 Å². The Morgan fingerprint density at radius 3 is 2.34 bits per heavy atom. The monoisotopic (exact) mass is 428 g/mol. The number of H-pyrrole nitrogens is 1. The average molecular weight is 429 g/mol. The normalized spacial score (nSPS) is 17.4. The molecule has 5 nitrogen and oxygen atoms in total. The van der Waals surface area contributed by atoms with E-state index in [1.807, 2.05) is 30.2 Å². The molecule has 1 saturated carbocycles. The van der Waals surface area contributed by atoms with Crippen molar-refractivity contribution >= 4 is 11.6 Å². The van der Waals surface area contributed by atoms with Crippen LogP contribution in [0.3, 0.4) is 0 Å². The largest absolute Gasteiger partial charge is 0.399 e. The van der Waals surface area contributed by atoms with Gasteiger partial charge in [-0.15, -0.1) is 0 Å². The number of nitrogen functional groups attached to an aromatic ring is 1. The van der Waals surface area contributed by atoms with Crippen LogP contribution in [0.2, 0.25) is 0 Å². The molecule has 0 spiro atoms. The summed E-state index contributed by atoms with van der Waals surface area (Å²) in [6.07, 6.45) is 7.56. The number of carbonyl (C=O) groups is 1. The number of hydrogen-bond donors (Lipinski definition) is 2. The Hall–Kier alpha value is -3.08. The zero-order valence-corrected chi connectivity index (χ0v) is 19.0. The van der Waals surface area contributed by atoms with E-state index in [2.05, 4.69) is 41.2 Å². The first-order chi connectivity index (χ1) is 15.5. The number of aromatic nitrogens is 2. The van der Waals surface area contributed by atoms with E-state index >= 15 is 0 Å². The van der Waals surface area contributed by atoms with Gasteiger partial charge in [-0.05, 0) is 86.3 Å². The van der Waals surface area contributed by atoms with E-state index in [1.54, 1.807) is 0 Å². The fourth-order valence-corrected chi connectivity index (χ4v) is 5.13. The minimum Gasteiger partial charge on any atom is -0.399 e. The van der Waals surface area contributed by atoms with Crippen molar-refractivity contribution in [3.05, 3.63) is 70.5 Å². The van der Waals surface area contributed by atoms with E-state index in [9.17, 15) is 4.79 Å². The summed E-state index contributed by atoms with van der Waals surface area (Å²) in [6, 6.07) is 12.5. The van der Waals surface area contributed by atoms with Crippen LogP contribution in [-0.4, -0.2) is 33.9 Å². The van der Waals surface area contributed by atoms with Gasteiger partial charge in [-0.1, -0.05) is 24.6 Å². The van der Waals surface area contributed by atoms with Crippen molar-refractivity contribution in [3.8, 4) is 11.4 Å². The molecule has 5 rings (SSSR count). The maximum atomic E-state index is 13.5. The lowest BCUT2D eigenvalue weighted by Gasteiger charge is -2.33. The Morgan fingerprint density at radius 2 is 1.75 bits per heavy atom. The molecule has 0 bridgehead atoms. The number of anilines is 1. The standard InChI is InChI=1S/C27H32N4O/c1-17-14-24(21-4-3-5-21)25(26-29-16-18(2)30-26)15-23(17)27(32)31-12-10-20(11-13-31)19-6-8-22(28)9-7-19/h6-9,14-16,20-21H,3-5,10-13,28H2,1-2H3,(H,29,30). The van der Waals surface area contributed by atoms with Crippen LogP contribution in [-0.2, 0) is 0 Å². The SMILES string of the molecule is Cc1cnc(-c2cc(C(=O)N3CCC(c4ccc(N)cc4)CC3)c(C)cc2C2CCC2)[nH]1. The quantitative estimate of drug-likeness (QED) is 0.534. The molecule has 0 radical (unpaired) electrons. The smallest absolute Gasteiger partial charge is 0.254 e. The minimum atomic E-state index is 0.142. The number of carbonyl (C=O) groups excluding carboxylic acids is 1. The lowest BCUT2D eigenvalue weighted by molar-refractivity contribution is 0.0712. The number of amides is 1. The van der Waals surface area contributed by atoms with Crippen LogP contribution in [0.1, 0.15) is 76.7 Å². The highest BCUT2D eigenvalue weighted by Gasteiger charge is 2.29. The molecule has 2 aliphatic rings. The van der Waals surface area contributed by atoms with Gasteiger partial charge in [0.15, 0.2) is 0 Å². The number of nitrogens with zero attached hydrogens (tertiary/aromatic N) is 2. The number of nitrogens with two attached hydrogens (primary N) is 1. The Kier molecular flexibility index (Phi) is 5.50. The van der Waals surface area contributed by atoms with Crippen LogP contribution in [0.5, 0.6) is 0 Å². The third-order valence-electron chi connectivity index (χ3n) is 7.32. The Balaban J connectivity index is 1.38. The first kappa shape index (κ1) is 20.8. The van der Waals surface area contributed by atoms with Gasteiger partial charge in [0.1, 0.15) is 5.82 Å². The predicted molar refractivity (Wildman–Crippen MR) is 129 cm³/mol. The Bertz CT molecular complexity index is 1120. The molecule has 2 aromatic carbocycles. The highest BCUT2D eigenvalue weighted by atomic mass is 16.2. The van der Waals surface area contributed by atoms with Gasteiger partial charge in [-0.3, -0.25) is 4.79 Å². The third-order valence-corrected chi connectivity index (χ3v) is 7.32. The molecule has 2 heterocycles. The van der Waals surface area contributed by atoms with E-state index in [0.717, 1.165) is 59.8 Å². The number of piperidine rings is 1. The molecule has 3 N–H and O–H groups in total. The van der Waals surface area contributed by atoms with Crippen LogP contribution in [0.4, 0.5) is 5.69 Å². The number of imidazole rings is 1. The molecule has 166 valence electrons. The van der Waals surface area contributed by atoms with E-state index in [4.69, 9.17) is 5.73 Å². The van der Waals surface area contributed by atoms with Crippen molar-refractivity contribution in [2.24, 2.45) is 0 Å². The van der Waals surface area contributed by atoms with Crippen LogP contribution in [0.25, 0.3) is 11.4 Å². The fraction of sp³-hybridized carbons (Fsp3) is 0.407. The van der Waals surface area contributed by atoms with E-state index in [0.29, 0.717) is 11.8 Å². The van der Waals surface area contributed by atoms with Gasteiger partial charge in [0.25, 0.3) is 5.91 Å². The van der Waals surface area contributed by atoms with Crippen molar-refractivity contribution in [2.75, 3.05) is 18.8 Å². The van der Waals surface area contributed by atoms with Gasteiger partial charge in [0.05, 0.1) is 0 Å². The van der Waals surface area contributed by atoms with Crippen LogP contribution in [0.15, 0.2) is 42.6 Å². The number of hydrogen-bond acceptors (Lipinski definition) is 3. The van der Waals surface area contributed by atoms with Crippen molar-refractivity contribution in [1.29, 1.82) is 0 Å². The summed E-state index contributed by atoms with van der Waals surface area (Å²) < 4.78 is 0. The van der Waals surface area contributed by atoms with Gasteiger partial charge in [-0.25, -0.2) is 4.98 Å². The second kappa shape index (κ2) is 8.45. The van der Waals surface area contributed by atoms with Crippen LogP contribution < -0.4 is 5.73 Å². The zero-order valence-electron chi connectivity index (χ0n) is 19.0. The summed E-state index contributed by atoms with van der Waals surface area (Å²) in [5.41, 5.74) is 13.3. The molecule has 1 aromatic heterocycles. The van der Waals surface area contributed by atoms with Gasteiger partial charge in [0.2, 0.25) is 0 Å². The fourth-order valence-electron chi connectivity index (χ4n) is 5.13. The maximum absolute atomic E-state index is 13.5. The van der Waals surface area contributed by atoms with Crippen molar-refractivity contribution in [3.63, 3.8) is 0 Å². The van der Waals surface area contributed by atoms with E-state index in [-0.39, 0.29) is 5.91 Å². The van der Waals surface area contributed by atoms with Gasteiger partial charge >= 0.3 is 0 Å². The second-order valence-corrected chi connectivity index (χ2v) is 9.53. The number of nitrogens with one attached hydrogen (secondary N) is 1. The van der Waals surface area contributed by atoms with Gasteiger partial charge in [0, 0.05) is 41.8 Å². The number of aryl methyl sites for hydroxylation is 2. The molecule has 1 saturated heterocycles. The molecule has 3 aromatic rings. The number of aromatic amines is 1. The Morgan fingerprint density at radius 1 is 1.03 bits per heavy atom.